The van der Waals surface area contributed by atoms with Crippen molar-refractivity contribution >= 4 is 11.8 Å². The number of ether oxygens (including phenoxy) is 1. The summed E-state index contributed by atoms with van der Waals surface area (Å²) in [6.45, 7) is 13.2. The number of carbonyl (C=O) groups is 2. The molecule has 4 aliphatic carbocycles. The summed E-state index contributed by atoms with van der Waals surface area (Å²) in [5.41, 5.74) is -1.55. The van der Waals surface area contributed by atoms with E-state index in [-0.39, 0.29) is 29.5 Å². The van der Waals surface area contributed by atoms with E-state index in [1.165, 1.54) is 19.8 Å². The molecule has 0 heterocycles. The third kappa shape index (κ3) is 4.43. The fourth-order valence-electron chi connectivity index (χ4n) is 9.00. The molecule has 0 unspecified atom stereocenters. The highest BCUT2D eigenvalue weighted by molar-refractivity contribution is 5.89. The molecular formula is C30H48O5. The molecule has 5 nitrogen and oxygen atoms in total. The van der Waals surface area contributed by atoms with Crippen molar-refractivity contribution in [1.29, 1.82) is 0 Å². The summed E-state index contributed by atoms with van der Waals surface area (Å²) in [4.78, 5) is 24.5. The number of esters is 1. The summed E-state index contributed by atoms with van der Waals surface area (Å²) in [7, 11) is 0. The first kappa shape index (κ1) is 26.9. The topological polar surface area (TPSA) is 83.8 Å². The van der Waals surface area contributed by atoms with E-state index >= 15 is 0 Å². The lowest BCUT2D eigenvalue weighted by molar-refractivity contribution is -0.213. The van der Waals surface area contributed by atoms with Gasteiger partial charge in [-0.3, -0.25) is 9.59 Å². The number of aliphatic hydroxyl groups is 2. The first-order valence-corrected chi connectivity index (χ1v) is 14.1. The molecule has 4 rings (SSSR count). The van der Waals surface area contributed by atoms with Crippen LogP contribution < -0.4 is 0 Å². The Morgan fingerprint density at radius 1 is 1.09 bits per heavy atom. The second kappa shape index (κ2) is 9.59. The molecule has 0 saturated heterocycles. The quantitative estimate of drug-likeness (QED) is 0.390. The summed E-state index contributed by atoms with van der Waals surface area (Å²) in [5.74, 6) is 2.68. The summed E-state index contributed by atoms with van der Waals surface area (Å²) in [6.07, 6.45) is 10.8. The molecule has 0 amide bonds. The van der Waals surface area contributed by atoms with E-state index in [4.69, 9.17) is 4.74 Å². The fourth-order valence-corrected chi connectivity index (χ4v) is 9.00. The van der Waals surface area contributed by atoms with Gasteiger partial charge in [-0.15, -0.1) is 0 Å². The van der Waals surface area contributed by atoms with Crippen molar-refractivity contribution in [1.82, 2.24) is 0 Å². The molecule has 4 saturated carbocycles. The van der Waals surface area contributed by atoms with Gasteiger partial charge >= 0.3 is 5.97 Å². The number of aliphatic hydroxyl groups excluding tert-OH is 1. The van der Waals surface area contributed by atoms with Crippen LogP contribution in [0.25, 0.3) is 0 Å². The molecule has 0 radical (unpaired) electrons. The van der Waals surface area contributed by atoms with Gasteiger partial charge in [0.1, 0.15) is 5.60 Å². The minimum absolute atomic E-state index is 0.0174. The molecule has 0 aromatic carbocycles. The smallest absolute Gasteiger partial charge is 0.302 e. The van der Waals surface area contributed by atoms with Crippen LogP contribution in [0, 0.1) is 52.3 Å². The molecule has 5 heteroatoms. The van der Waals surface area contributed by atoms with E-state index < -0.39 is 17.1 Å². The third-order valence-corrected chi connectivity index (χ3v) is 11.5. The number of ketones is 1. The molecule has 4 aliphatic rings. The predicted molar refractivity (Wildman–Crippen MR) is 136 cm³/mol. The highest BCUT2D eigenvalue weighted by Crippen LogP contribution is 2.68. The van der Waals surface area contributed by atoms with Crippen LogP contribution in [0.3, 0.4) is 0 Å². The van der Waals surface area contributed by atoms with Crippen molar-refractivity contribution in [3.63, 3.8) is 0 Å². The molecule has 0 aliphatic heterocycles. The summed E-state index contributed by atoms with van der Waals surface area (Å²) < 4.78 is 5.20. The van der Waals surface area contributed by atoms with Crippen molar-refractivity contribution in [2.45, 2.75) is 105 Å². The standard InChI is InChI=1S/C30H48O5/c1-18(20(3)17-35-21(4)31)7-8-19(2)24-9-10-25-23-15-27(33)30(34)16-22(32)11-14-29(30,6)26(23)12-13-28(24,25)5/h7-8,18-20,22-26,32,34H,9-17H2,1-6H3/t18-,19+,20+,22-,23-,24+,25-,26-,28+,29+,30-/m0/s1. The Labute approximate surface area is 212 Å². The van der Waals surface area contributed by atoms with Gasteiger partial charge < -0.3 is 14.9 Å². The lowest BCUT2D eigenvalue weighted by atomic mass is 9.42. The van der Waals surface area contributed by atoms with Crippen molar-refractivity contribution in [2.75, 3.05) is 6.61 Å². The van der Waals surface area contributed by atoms with Crippen LogP contribution in [0.4, 0.5) is 0 Å². The second-order valence-corrected chi connectivity index (χ2v) is 13.3. The predicted octanol–water partition coefficient (Wildman–Crippen LogP) is 5.33. The van der Waals surface area contributed by atoms with E-state index in [1.807, 2.05) is 0 Å². The average Bonchev–Trinajstić information content (AvgIpc) is 3.15. The van der Waals surface area contributed by atoms with Gasteiger partial charge in [-0.2, -0.15) is 0 Å². The van der Waals surface area contributed by atoms with Gasteiger partial charge in [0, 0.05) is 25.2 Å². The number of hydrogen-bond donors (Lipinski definition) is 2. The zero-order valence-electron chi connectivity index (χ0n) is 22.8. The monoisotopic (exact) mass is 488 g/mol. The van der Waals surface area contributed by atoms with Gasteiger partial charge in [0.05, 0.1) is 12.7 Å². The number of allylic oxidation sites excluding steroid dienone is 2. The maximum Gasteiger partial charge on any atom is 0.302 e. The van der Waals surface area contributed by atoms with Crippen LogP contribution in [0.5, 0.6) is 0 Å². The van der Waals surface area contributed by atoms with Crippen LogP contribution in [-0.4, -0.2) is 40.3 Å². The Morgan fingerprint density at radius 2 is 1.80 bits per heavy atom. The number of hydrogen-bond acceptors (Lipinski definition) is 5. The van der Waals surface area contributed by atoms with Crippen molar-refractivity contribution in [3.05, 3.63) is 12.2 Å². The Bertz CT molecular complexity index is 852. The van der Waals surface area contributed by atoms with Gasteiger partial charge in [0.25, 0.3) is 0 Å². The molecule has 0 bridgehead atoms. The highest BCUT2D eigenvalue weighted by atomic mass is 16.5. The van der Waals surface area contributed by atoms with Crippen LogP contribution in [-0.2, 0) is 14.3 Å². The summed E-state index contributed by atoms with van der Waals surface area (Å²) >= 11 is 0. The highest BCUT2D eigenvalue weighted by Gasteiger charge is 2.67. The second-order valence-electron chi connectivity index (χ2n) is 13.3. The normalized spacial score (nSPS) is 45.8. The van der Waals surface area contributed by atoms with Crippen LogP contribution in [0.15, 0.2) is 12.2 Å². The van der Waals surface area contributed by atoms with Crippen LogP contribution in [0.1, 0.15) is 92.9 Å². The fraction of sp³-hybridized carbons (Fsp3) is 0.867. The zero-order valence-corrected chi connectivity index (χ0v) is 22.8. The Kier molecular flexibility index (Phi) is 7.36. The van der Waals surface area contributed by atoms with Crippen molar-refractivity contribution in [2.24, 2.45) is 52.3 Å². The minimum Gasteiger partial charge on any atom is -0.466 e. The number of Topliss-reactive ketones (excluding diaryl/α,β-unsaturated/α-hetero) is 1. The molecular weight excluding hydrogens is 440 g/mol. The molecule has 2 N–H and O–H groups in total. The molecule has 4 fully saturated rings. The Morgan fingerprint density at radius 3 is 2.49 bits per heavy atom. The molecule has 0 aromatic heterocycles. The van der Waals surface area contributed by atoms with E-state index in [0.29, 0.717) is 55.0 Å². The van der Waals surface area contributed by atoms with E-state index in [0.717, 1.165) is 19.3 Å². The summed E-state index contributed by atoms with van der Waals surface area (Å²) in [6, 6.07) is 0. The van der Waals surface area contributed by atoms with E-state index in [1.54, 1.807) is 0 Å². The van der Waals surface area contributed by atoms with Crippen molar-refractivity contribution in [3.8, 4) is 0 Å². The number of fused-ring (bicyclic) bond motifs is 5. The molecule has 0 spiro atoms. The van der Waals surface area contributed by atoms with Crippen LogP contribution >= 0.6 is 0 Å². The molecule has 35 heavy (non-hydrogen) atoms. The largest absolute Gasteiger partial charge is 0.466 e. The van der Waals surface area contributed by atoms with Gasteiger partial charge in [0.2, 0.25) is 0 Å². The lowest BCUT2D eigenvalue weighted by Crippen LogP contribution is -2.67. The van der Waals surface area contributed by atoms with Gasteiger partial charge in [0.15, 0.2) is 5.78 Å². The maximum absolute atomic E-state index is 13.4. The van der Waals surface area contributed by atoms with Crippen molar-refractivity contribution < 1.29 is 24.5 Å². The van der Waals surface area contributed by atoms with Gasteiger partial charge in [-0.25, -0.2) is 0 Å². The third-order valence-electron chi connectivity index (χ3n) is 11.5. The Balaban J connectivity index is 1.48. The van der Waals surface area contributed by atoms with Gasteiger partial charge in [-0.05, 0) is 85.4 Å². The number of rotatable bonds is 6. The molecule has 11 atom stereocenters. The first-order valence-electron chi connectivity index (χ1n) is 14.1. The first-order chi connectivity index (χ1) is 16.3. The zero-order chi connectivity index (χ0) is 25.8. The molecule has 0 aromatic rings. The van der Waals surface area contributed by atoms with E-state index in [2.05, 4.69) is 46.8 Å². The minimum atomic E-state index is -1.35. The SMILES string of the molecule is CC(=O)OC[C@@H](C)[C@@H](C)C=C[C@@H](C)[C@H]1CC[C@H]2[C@@H]3CC(=O)[C@@]4(O)C[C@@H](O)CC[C@]4(C)[C@H]3CC[C@]12C. The van der Waals surface area contributed by atoms with Crippen LogP contribution in [0.2, 0.25) is 0 Å². The Hall–Kier alpha value is -1.20. The lowest BCUT2D eigenvalue weighted by Gasteiger charge is -2.63. The number of carbonyl (C=O) groups excluding carboxylic acids is 2. The van der Waals surface area contributed by atoms with E-state index in [9.17, 15) is 19.8 Å². The van der Waals surface area contributed by atoms with Gasteiger partial charge in [-0.1, -0.05) is 46.8 Å². The summed E-state index contributed by atoms with van der Waals surface area (Å²) in [5, 5.41) is 21.8. The average molecular weight is 489 g/mol. The maximum atomic E-state index is 13.4. The molecule has 198 valence electrons.